The van der Waals surface area contributed by atoms with Crippen LogP contribution >= 0.6 is 11.8 Å². The van der Waals surface area contributed by atoms with Gasteiger partial charge in [-0.25, -0.2) is 8.78 Å². The summed E-state index contributed by atoms with van der Waals surface area (Å²) in [6.45, 7) is 4.47. The second-order valence-electron chi connectivity index (χ2n) is 14.5. The normalized spacial score (nSPS) is 13.4. The van der Waals surface area contributed by atoms with Crippen LogP contribution in [0.15, 0.2) is 60.8 Å². The molecule has 2 aromatic carbocycles. The maximum atomic E-state index is 15.0. The van der Waals surface area contributed by atoms with Gasteiger partial charge in [-0.15, -0.1) is 11.8 Å². The fourth-order valence-electron chi connectivity index (χ4n) is 6.02. The average Bonchev–Trinajstić information content (AvgIpc) is 3.57. The molecule has 0 bridgehead atoms. The van der Waals surface area contributed by atoms with Crippen molar-refractivity contribution in [2.45, 2.75) is 63.5 Å². The number of carbonyl (C=O) groups is 6. The van der Waals surface area contributed by atoms with E-state index in [2.05, 4.69) is 16.0 Å². The van der Waals surface area contributed by atoms with E-state index < -0.39 is 95.6 Å². The van der Waals surface area contributed by atoms with Crippen LogP contribution in [-0.4, -0.2) is 116 Å². The van der Waals surface area contributed by atoms with Crippen molar-refractivity contribution in [3.8, 4) is 11.1 Å². The number of hydrogen-bond donors (Lipinski definition) is 8. The summed E-state index contributed by atoms with van der Waals surface area (Å²) in [7, 11) is 0. The number of hydrogen-bond acceptors (Lipinski definition) is 10. The standard InChI is InChI=1S/C39H51F2N7O9S/c1-39(2,3)35(30-15-24(26-16-25(40)9-10-27(26)41)20-47(30)19-23-7-5-4-6-8-23)48(34(52)21-49)14-11-28(42)36(53)45-13-12-44-33(51)18-46-32(50)17-31(38(56)57)58-22-29(43)37(54)55/h4-10,15-16,20,28-29,31,35,49H,11-14,17-19,21-22,42-43H2,1-3H3,(H,44,51)(H,45,53)(H,46,50)(H,54,55)(H,56,57)/t28-,29-,31-,35-/m0/s1. The number of aliphatic hydroxyl groups excluding tert-OH is 1. The molecule has 0 radical (unpaired) electrons. The number of nitrogens with two attached hydrogens (primary N) is 2. The molecular weight excluding hydrogens is 781 g/mol. The van der Waals surface area contributed by atoms with Crippen LogP contribution in [0.25, 0.3) is 11.1 Å². The van der Waals surface area contributed by atoms with Crippen LogP contribution < -0.4 is 27.4 Å². The molecule has 0 saturated heterocycles. The number of nitrogens with one attached hydrogen (secondary N) is 3. The molecule has 0 aliphatic carbocycles. The lowest BCUT2D eigenvalue weighted by Gasteiger charge is -2.41. The molecule has 0 fully saturated rings. The SMILES string of the molecule is CC(C)(C)[C@H](c1cc(-c2cc(F)ccc2F)cn1Cc1ccccc1)N(CC[C@H](N)C(=O)NCCNC(=O)CNC(=O)C[C@H](SC[C@H](N)C(=O)O)C(=O)O)C(=O)CO. The van der Waals surface area contributed by atoms with Crippen LogP contribution in [0.2, 0.25) is 0 Å². The molecule has 4 atom stereocenters. The highest BCUT2D eigenvalue weighted by molar-refractivity contribution is 8.00. The van der Waals surface area contributed by atoms with Gasteiger partial charge >= 0.3 is 11.9 Å². The van der Waals surface area contributed by atoms with Gasteiger partial charge < -0.3 is 52.2 Å². The van der Waals surface area contributed by atoms with Gasteiger partial charge in [-0.1, -0.05) is 51.1 Å². The first-order valence-electron chi connectivity index (χ1n) is 18.3. The summed E-state index contributed by atoms with van der Waals surface area (Å²) in [6, 6.07) is 11.1. The van der Waals surface area contributed by atoms with Crippen molar-refractivity contribution in [1.29, 1.82) is 0 Å². The first-order valence-corrected chi connectivity index (χ1v) is 19.4. The lowest BCUT2D eigenvalue weighted by molar-refractivity contribution is -0.140. The topological polar surface area (TPSA) is 259 Å². The van der Waals surface area contributed by atoms with Crippen molar-refractivity contribution < 1.29 is 52.9 Å². The number of carboxylic acid groups (broad SMARTS) is 2. The number of rotatable bonds is 22. The van der Waals surface area contributed by atoms with Crippen molar-refractivity contribution in [2.24, 2.45) is 16.9 Å². The highest BCUT2D eigenvalue weighted by Crippen LogP contribution is 2.41. The van der Waals surface area contributed by atoms with Crippen molar-refractivity contribution in [3.05, 3.63) is 83.7 Å². The summed E-state index contributed by atoms with van der Waals surface area (Å²) < 4.78 is 31.2. The van der Waals surface area contributed by atoms with Crippen LogP contribution in [0.4, 0.5) is 8.78 Å². The van der Waals surface area contributed by atoms with Gasteiger partial charge in [-0.05, 0) is 41.7 Å². The molecule has 19 heteroatoms. The van der Waals surface area contributed by atoms with Crippen molar-refractivity contribution in [3.63, 3.8) is 0 Å². The largest absolute Gasteiger partial charge is 0.480 e. The molecule has 58 heavy (non-hydrogen) atoms. The third kappa shape index (κ3) is 14.2. The van der Waals surface area contributed by atoms with Gasteiger partial charge in [0.2, 0.25) is 23.6 Å². The van der Waals surface area contributed by atoms with Crippen molar-refractivity contribution in [1.82, 2.24) is 25.4 Å². The number of nitrogens with zero attached hydrogens (tertiary/aromatic N) is 2. The molecule has 316 valence electrons. The average molecular weight is 832 g/mol. The van der Waals surface area contributed by atoms with Crippen LogP contribution in [0.3, 0.4) is 0 Å². The summed E-state index contributed by atoms with van der Waals surface area (Å²) in [5, 5.41) is 34.3. The Bertz CT molecular complexity index is 1910. The fourth-order valence-corrected chi connectivity index (χ4v) is 7.01. The van der Waals surface area contributed by atoms with Crippen molar-refractivity contribution in [2.75, 3.05) is 38.5 Å². The minimum Gasteiger partial charge on any atom is -0.480 e. The molecule has 0 saturated carbocycles. The van der Waals surface area contributed by atoms with E-state index in [0.717, 1.165) is 23.8 Å². The fraction of sp³-hybridized carbons (Fsp3) is 0.436. The van der Waals surface area contributed by atoms with Gasteiger partial charge in [0.1, 0.15) is 29.5 Å². The van der Waals surface area contributed by atoms with Gasteiger partial charge in [0.05, 0.1) is 18.6 Å². The van der Waals surface area contributed by atoms with Crippen molar-refractivity contribution >= 4 is 47.3 Å². The van der Waals surface area contributed by atoms with E-state index in [0.29, 0.717) is 29.6 Å². The van der Waals surface area contributed by atoms with Gasteiger partial charge in [0, 0.05) is 61.4 Å². The van der Waals surface area contributed by atoms with Gasteiger partial charge in [-0.3, -0.25) is 28.8 Å². The molecule has 1 aromatic heterocycles. The Morgan fingerprint density at radius 1 is 0.879 bits per heavy atom. The first-order chi connectivity index (χ1) is 27.3. The number of halogens is 2. The summed E-state index contributed by atoms with van der Waals surface area (Å²) in [4.78, 5) is 74.6. The summed E-state index contributed by atoms with van der Waals surface area (Å²) in [5.74, 6) is -6.79. The predicted octanol–water partition coefficient (Wildman–Crippen LogP) is 1.44. The number of aliphatic carboxylic acids is 2. The number of aromatic nitrogens is 1. The number of carboxylic acids is 2. The Labute approximate surface area is 338 Å². The van der Waals surface area contributed by atoms with E-state index in [1.54, 1.807) is 12.3 Å². The molecule has 16 nitrogen and oxygen atoms in total. The van der Waals surface area contributed by atoms with E-state index in [1.165, 1.54) is 4.90 Å². The molecule has 4 amide bonds. The monoisotopic (exact) mass is 831 g/mol. The van der Waals surface area contributed by atoms with Crippen LogP contribution in [0.1, 0.15) is 50.9 Å². The smallest absolute Gasteiger partial charge is 0.321 e. The Morgan fingerprint density at radius 3 is 2.17 bits per heavy atom. The number of benzene rings is 2. The zero-order valence-corrected chi connectivity index (χ0v) is 33.3. The third-order valence-electron chi connectivity index (χ3n) is 8.88. The quantitative estimate of drug-likeness (QED) is 0.0670. The number of carbonyl (C=O) groups excluding carboxylic acids is 4. The minimum atomic E-state index is -1.35. The summed E-state index contributed by atoms with van der Waals surface area (Å²) >= 11 is 0.690. The van der Waals surface area contributed by atoms with E-state index in [-0.39, 0.29) is 37.4 Å². The zero-order chi connectivity index (χ0) is 43.2. The third-order valence-corrected chi connectivity index (χ3v) is 10.2. The Hall–Kier alpha value is -5.37. The van der Waals surface area contributed by atoms with Crippen LogP contribution in [0.5, 0.6) is 0 Å². The van der Waals surface area contributed by atoms with E-state index in [1.807, 2.05) is 55.7 Å². The van der Waals surface area contributed by atoms with E-state index >= 15 is 4.39 Å². The molecule has 3 aromatic rings. The second-order valence-corrected chi connectivity index (χ2v) is 15.8. The predicted molar refractivity (Wildman–Crippen MR) is 212 cm³/mol. The molecule has 0 aliphatic heterocycles. The lowest BCUT2D eigenvalue weighted by atomic mass is 9.82. The Kier molecular flexibility index (Phi) is 17.8. The van der Waals surface area contributed by atoms with Gasteiger partial charge in [-0.2, -0.15) is 0 Å². The minimum absolute atomic E-state index is 0.0288. The van der Waals surface area contributed by atoms with E-state index in [9.17, 15) is 43.4 Å². The maximum Gasteiger partial charge on any atom is 0.321 e. The summed E-state index contributed by atoms with van der Waals surface area (Å²) in [5.41, 5.74) is 12.8. The Morgan fingerprint density at radius 2 is 1.55 bits per heavy atom. The molecule has 0 spiro atoms. The highest BCUT2D eigenvalue weighted by Gasteiger charge is 2.37. The molecule has 0 unspecified atom stereocenters. The molecule has 1 heterocycles. The molecule has 3 rings (SSSR count). The van der Waals surface area contributed by atoms with E-state index in [4.69, 9.17) is 16.6 Å². The lowest BCUT2D eigenvalue weighted by Crippen LogP contribution is -2.48. The number of amides is 4. The summed E-state index contributed by atoms with van der Waals surface area (Å²) in [6.07, 6.45) is 1.12. The van der Waals surface area contributed by atoms with Crippen LogP contribution in [-0.2, 0) is 35.3 Å². The highest BCUT2D eigenvalue weighted by atomic mass is 32.2. The number of thioether (sulfide) groups is 1. The molecule has 10 N–H and O–H groups in total. The van der Waals surface area contributed by atoms with Gasteiger partial charge in [0.15, 0.2) is 0 Å². The van der Waals surface area contributed by atoms with Crippen LogP contribution in [0, 0.1) is 17.0 Å². The van der Waals surface area contributed by atoms with Gasteiger partial charge in [0.25, 0.3) is 0 Å². The number of aliphatic hydroxyl groups is 1. The Balaban J connectivity index is 1.64. The second kappa shape index (κ2) is 22.0. The molecular formula is C39H51F2N7O9S. The molecule has 0 aliphatic rings. The maximum absolute atomic E-state index is 15.0. The first kappa shape index (κ1) is 47.0. The zero-order valence-electron chi connectivity index (χ0n) is 32.5.